The number of phenolic OH excluding ortho intramolecular Hbond substituents is 1. The Hall–Kier alpha value is -1.62. The molecule has 1 atom stereocenters. The fraction of sp³-hybridized carbons (Fsp3) is 0.417. The Bertz CT molecular complexity index is 396. The summed E-state index contributed by atoms with van der Waals surface area (Å²) in [6.45, 7) is 2.31. The predicted molar refractivity (Wildman–Crippen MR) is 63.3 cm³/mol. The minimum atomic E-state index is -0.744. The Morgan fingerprint density at radius 3 is 2.88 bits per heavy atom. The standard InChI is InChI=1S/C12H17FN2O2/c1-2-3-8(14)7-15-12(17)10-5-4-9(16)6-11(10)13/h4-6,8,16H,2-3,7,14H2,1H3,(H,15,17). The van der Waals surface area contributed by atoms with Crippen molar-refractivity contribution in [3.8, 4) is 5.75 Å². The number of hydrogen-bond donors (Lipinski definition) is 3. The molecule has 1 aromatic rings. The van der Waals surface area contributed by atoms with E-state index in [2.05, 4.69) is 5.32 Å². The molecular formula is C12H17FN2O2. The topological polar surface area (TPSA) is 75.3 Å². The average molecular weight is 240 g/mol. The quantitative estimate of drug-likeness (QED) is 0.728. The van der Waals surface area contributed by atoms with Crippen molar-refractivity contribution in [2.75, 3.05) is 6.54 Å². The Kier molecular flexibility index (Phi) is 4.90. The lowest BCUT2D eigenvalue weighted by Gasteiger charge is -2.11. The number of rotatable bonds is 5. The second kappa shape index (κ2) is 6.20. The first-order valence-corrected chi connectivity index (χ1v) is 5.57. The van der Waals surface area contributed by atoms with Gasteiger partial charge in [-0.3, -0.25) is 4.79 Å². The van der Waals surface area contributed by atoms with Crippen molar-refractivity contribution in [2.45, 2.75) is 25.8 Å². The number of nitrogens with two attached hydrogens (primary N) is 1. The molecule has 17 heavy (non-hydrogen) atoms. The fourth-order valence-electron chi connectivity index (χ4n) is 1.48. The monoisotopic (exact) mass is 240 g/mol. The highest BCUT2D eigenvalue weighted by molar-refractivity contribution is 5.94. The summed E-state index contributed by atoms with van der Waals surface area (Å²) in [6, 6.07) is 3.29. The number of aromatic hydroxyl groups is 1. The molecule has 1 unspecified atom stereocenters. The van der Waals surface area contributed by atoms with E-state index in [-0.39, 0.29) is 17.4 Å². The van der Waals surface area contributed by atoms with Crippen LogP contribution in [0.1, 0.15) is 30.1 Å². The van der Waals surface area contributed by atoms with Crippen LogP contribution < -0.4 is 11.1 Å². The highest BCUT2D eigenvalue weighted by atomic mass is 19.1. The first-order chi connectivity index (χ1) is 8.04. The van der Waals surface area contributed by atoms with Gasteiger partial charge in [-0.15, -0.1) is 0 Å². The van der Waals surface area contributed by atoms with Gasteiger partial charge in [0, 0.05) is 18.7 Å². The first kappa shape index (κ1) is 13.4. The molecule has 0 fully saturated rings. The summed E-state index contributed by atoms with van der Waals surface area (Å²) in [5.41, 5.74) is 5.63. The molecule has 0 spiro atoms. The molecule has 1 aromatic carbocycles. The molecule has 0 aliphatic carbocycles. The highest BCUT2D eigenvalue weighted by Gasteiger charge is 2.12. The van der Waals surface area contributed by atoms with Gasteiger partial charge in [-0.05, 0) is 18.6 Å². The smallest absolute Gasteiger partial charge is 0.254 e. The van der Waals surface area contributed by atoms with Crippen molar-refractivity contribution in [1.29, 1.82) is 0 Å². The van der Waals surface area contributed by atoms with Gasteiger partial charge < -0.3 is 16.2 Å². The first-order valence-electron chi connectivity index (χ1n) is 5.57. The van der Waals surface area contributed by atoms with Crippen molar-refractivity contribution in [1.82, 2.24) is 5.32 Å². The summed E-state index contributed by atoms with van der Waals surface area (Å²) in [5, 5.41) is 11.6. The van der Waals surface area contributed by atoms with Crippen LogP contribution in [0.15, 0.2) is 18.2 Å². The number of carbonyl (C=O) groups excluding carboxylic acids is 1. The third-order valence-electron chi connectivity index (χ3n) is 2.38. The van der Waals surface area contributed by atoms with Crippen molar-refractivity contribution in [3.63, 3.8) is 0 Å². The van der Waals surface area contributed by atoms with Gasteiger partial charge in [-0.2, -0.15) is 0 Å². The molecular weight excluding hydrogens is 223 g/mol. The van der Waals surface area contributed by atoms with Gasteiger partial charge in [-0.25, -0.2) is 4.39 Å². The number of carbonyl (C=O) groups is 1. The van der Waals surface area contributed by atoms with E-state index in [4.69, 9.17) is 10.8 Å². The van der Waals surface area contributed by atoms with E-state index < -0.39 is 11.7 Å². The number of phenols is 1. The van der Waals surface area contributed by atoms with Crippen LogP contribution in [0.5, 0.6) is 5.75 Å². The molecule has 0 heterocycles. The normalized spacial score (nSPS) is 12.2. The second-order valence-corrected chi connectivity index (χ2v) is 3.92. The van der Waals surface area contributed by atoms with Gasteiger partial charge in [0.1, 0.15) is 11.6 Å². The zero-order valence-electron chi connectivity index (χ0n) is 9.74. The molecule has 0 aromatic heterocycles. The molecule has 0 aliphatic heterocycles. The maximum atomic E-state index is 13.3. The van der Waals surface area contributed by atoms with Crippen LogP contribution in [0.25, 0.3) is 0 Å². The maximum Gasteiger partial charge on any atom is 0.254 e. The van der Waals surface area contributed by atoms with E-state index in [1.54, 1.807) is 0 Å². The van der Waals surface area contributed by atoms with Gasteiger partial charge in [0.2, 0.25) is 0 Å². The van der Waals surface area contributed by atoms with Gasteiger partial charge in [0.05, 0.1) is 5.56 Å². The maximum absolute atomic E-state index is 13.3. The van der Waals surface area contributed by atoms with Crippen LogP contribution in [0, 0.1) is 5.82 Å². The second-order valence-electron chi connectivity index (χ2n) is 3.92. The van der Waals surface area contributed by atoms with Crippen LogP contribution in [0.2, 0.25) is 0 Å². The fourth-order valence-corrected chi connectivity index (χ4v) is 1.48. The lowest BCUT2D eigenvalue weighted by atomic mass is 10.1. The molecule has 0 aliphatic rings. The molecule has 0 saturated heterocycles. The van der Waals surface area contributed by atoms with Crippen LogP contribution in [-0.4, -0.2) is 23.6 Å². The molecule has 1 rings (SSSR count). The number of amides is 1. The average Bonchev–Trinajstić information content (AvgIpc) is 2.26. The molecule has 0 saturated carbocycles. The Morgan fingerprint density at radius 1 is 1.59 bits per heavy atom. The minimum absolute atomic E-state index is 0.0912. The molecule has 5 heteroatoms. The van der Waals surface area contributed by atoms with E-state index in [1.807, 2.05) is 6.92 Å². The SMILES string of the molecule is CCCC(N)CNC(=O)c1ccc(O)cc1F. The predicted octanol–water partition coefficient (Wildman–Crippen LogP) is 1.39. The van der Waals surface area contributed by atoms with E-state index in [0.717, 1.165) is 18.9 Å². The minimum Gasteiger partial charge on any atom is -0.508 e. The summed E-state index contributed by atoms with van der Waals surface area (Å²) in [6.07, 6.45) is 1.74. The molecule has 0 bridgehead atoms. The van der Waals surface area contributed by atoms with Crippen LogP contribution >= 0.6 is 0 Å². The number of hydrogen-bond acceptors (Lipinski definition) is 3. The zero-order valence-corrected chi connectivity index (χ0v) is 9.74. The van der Waals surface area contributed by atoms with Crippen LogP contribution in [-0.2, 0) is 0 Å². The van der Waals surface area contributed by atoms with Crippen LogP contribution in [0.4, 0.5) is 4.39 Å². The zero-order chi connectivity index (χ0) is 12.8. The Morgan fingerprint density at radius 2 is 2.29 bits per heavy atom. The lowest BCUT2D eigenvalue weighted by molar-refractivity contribution is 0.0946. The third kappa shape index (κ3) is 4.03. The highest BCUT2D eigenvalue weighted by Crippen LogP contribution is 2.14. The summed E-state index contributed by atoms with van der Waals surface area (Å²) in [5.74, 6) is -1.47. The van der Waals surface area contributed by atoms with Gasteiger partial charge >= 0.3 is 0 Å². The molecule has 94 valence electrons. The van der Waals surface area contributed by atoms with Crippen molar-refractivity contribution < 1.29 is 14.3 Å². The van der Waals surface area contributed by atoms with Crippen molar-refractivity contribution in [3.05, 3.63) is 29.6 Å². The van der Waals surface area contributed by atoms with E-state index in [0.29, 0.717) is 6.54 Å². The lowest BCUT2D eigenvalue weighted by Crippen LogP contribution is -2.37. The van der Waals surface area contributed by atoms with E-state index in [9.17, 15) is 9.18 Å². The molecule has 4 nitrogen and oxygen atoms in total. The number of nitrogens with one attached hydrogen (secondary N) is 1. The Labute approximate surface area is 99.6 Å². The molecule has 4 N–H and O–H groups in total. The summed E-state index contributed by atoms with van der Waals surface area (Å²) >= 11 is 0. The third-order valence-corrected chi connectivity index (χ3v) is 2.38. The van der Waals surface area contributed by atoms with E-state index in [1.165, 1.54) is 12.1 Å². The Balaban J connectivity index is 2.58. The van der Waals surface area contributed by atoms with Crippen LogP contribution in [0.3, 0.4) is 0 Å². The van der Waals surface area contributed by atoms with E-state index >= 15 is 0 Å². The van der Waals surface area contributed by atoms with Gasteiger partial charge in [0.15, 0.2) is 0 Å². The van der Waals surface area contributed by atoms with Crippen molar-refractivity contribution in [2.24, 2.45) is 5.73 Å². The molecule has 0 radical (unpaired) electrons. The number of benzene rings is 1. The summed E-state index contributed by atoms with van der Waals surface area (Å²) in [4.78, 5) is 11.6. The van der Waals surface area contributed by atoms with Gasteiger partial charge in [0.25, 0.3) is 5.91 Å². The molecule has 1 amide bonds. The summed E-state index contributed by atoms with van der Waals surface area (Å²) < 4.78 is 13.3. The number of halogens is 1. The van der Waals surface area contributed by atoms with Crippen molar-refractivity contribution >= 4 is 5.91 Å². The van der Waals surface area contributed by atoms with Gasteiger partial charge in [-0.1, -0.05) is 13.3 Å². The summed E-state index contributed by atoms with van der Waals surface area (Å²) in [7, 11) is 0. The largest absolute Gasteiger partial charge is 0.508 e.